The van der Waals surface area contributed by atoms with E-state index in [1.807, 2.05) is 6.92 Å². The Morgan fingerprint density at radius 1 is 1.18 bits per heavy atom. The van der Waals surface area contributed by atoms with E-state index < -0.39 is 11.6 Å². The normalized spacial score (nSPS) is 14.9. The molecule has 34 heavy (non-hydrogen) atoms. The zero-order valence-corrected chi connectivity index (χ0v) is 19.4. The molecule has 0 radical (unpaired) electrons. The molecule has 0 spiro atoms. The number of halogens is 2. The molecule has 0 fully saturated rings. The van der Waals surface area contributed by atoms with Gasteiger partial charge in [-0.05, 0) is 36.8 Å². The fourth-order valence-corrected chi connectivity index (χ4v) is 4.31. The molecular weight excluding hydrogens is 444 g/mol. The number of fused-ring (bicyclic) bond motifs is 1. The monoisotopic (exact) mass is 471 g/mol. The maximum atomic E-state index is 13.6. The topological polar surface area (TPSA) is 67.9 Å². The highest BCUT2D eigenvalue weighted by Crippen LogP contribution is 2.28. The van der Waals surface area contributed by atoms with Crippen LogP contribution in [0.15, 0.2) is 51.9 Å². The van der Waals surface area contributed by atoms with E-state index in [9.17, 15) is 18.4 Å². The summed E-state index contributed by atoms with van der Waals surface area (Å²) in [4.78, 5) is 30.1. The van der Waals surface area contributed by atoms with Gasteiger partial charge >= 0.3 is 0 Å². The van der Waals surface area contributed by atoms with Gasteiger partial charge in [-0.25, -0.2) is 8.78 Å². The number of benzene rings is 1. The Morgan fingerprint density at radius 2 is 1.97 bits per heavy atom. The van der Waals surface area contributed by atoms with Gasteiger partial charge in [-0.15, -0.1) is 0 Å². The summed E-state index contributed by atoms with van der Waals surface area (Å²) >= 11 is 0. The zero-order chi connectivity index (χ0) is 24.4. The standard InChI is InChI=1S/C25H27F2N3O4/c1-16(21-5-4-12-34-21)28(2)25(32)24-20-8-9-29(15-17-6-7-18(26)19(27)13-17)10-11-30(20)23(31)14-22(24)33-3/h4-7,12-14,16H,8-11,15H2,1-3H3. The number of carbonyl (C=O) groups excluding carboxylic acids is 1. The Labute approximate surface area is 196 Å². The van der Waals surface area contributed by atoms with Crippen LogP contribution < -0.4 is 10.3 Å². The van der Waals surface area contributed by atoms with Gasteiger partial charge in [0, 0.05) is 51.4 Å². The van der Waals surface area contributed by atoms with Gasteiger partial charge in [-0.1, -0.05) is 6.07 Å². The van der Waals surface area contributed by atoms with Gasteiger partial charge in [0.05, 0.1) is 19.4 Å². The third kappa shape index (κ3) is 4.61. The molecule has 0 aliphatic carbocycles. The van der Waals surface area contributed by atoms with Crippen molar-refractivity contribution in [3.63, 3.8) is 0 Å². The van der Waals surface area contributed by atoms with Crippen molar-refractivity contribution >= 4 is 5.91 Å². The Bertz CT molecular complexity index is 1240. The molecule has 4 rings (SSSR count). The van der Waals surface area contributed by atoms with Gasteiger partial charge in [0.15, 0.2) is 11.6 Å². The molecule has 2 aromatic heterocycles. The van der Waals surface area contributed by atoms with Crippen molar-refractivity contribution in [1.29, 1.82) is 0 Å². The number of ether oxygens (including phenoxy) is 1. The predicted octanol–water partition coefficient (Wildman–Crippen LogP) is 3.62. The number of hydrogen-bond acceptors (Lipinski definition) is 5. The van der Waals surface area contributed by atoms with Gasteiger partial charge in [-0.2, -0.15) is 0 Å². The molecule has 1 unspecified atom stereocenters. The molecule has 3 heterocycles. The van der Waals surface area contributed by atoms with Crippen LogP contribution in [0.2, 0.25) is 0 Å². The zero-order valence-electron chi connectivity index (χ0n) is 19.4. The molecular formula is C25H27F2N3O4. The quantitative estimate of drug-likeness (QED) is 0.550. The van der Waals surface area contributed by atoms with Crippen molar-refractivity contribution in [2.75, 3.05) is 27.2 Å². The smallest absolute Gasteiger partial charge is 0.259 e. The summed E-state index contributed by atoms with van der Waals surface area (Å²) < 4.78 is 39.4. The molecule has 1 aliphatic heterocycles. The lowest BCUT2D eigenvalue weighted by Gasteiger charge is -2.26. The summed E-state index contributed by atoms with van der Waals surface area (Å²) in [5, 5.41) is 0. The summed E-state index contributed by atoms with van der Waals surface area (Å²) in [5.41, 5.74) is 1.33. The maximum Gasteiger partial charge on any atom is 0.259 e. The summed E-state index contributed by atoms with van der Waals surface area (Å²) in [6.07, 6.45) is 1.97. The summed E-state index contributed by atoms with van der Waals surface area (Å²) in [5.74, 6) is -1.18. The minimum atomic E-state index is -0.891. The molecule has 0 saturated carbocycles. The average Bonchev–Trinajstić information content (AvgIpc) is 3.29. The lowest BCUT2D eigenvalue weighted by atomic mass is 10.1. The Kier molecular flexibility index (Phi) is 6.83. The third-order valence-electron chi connectivity index (χ3n) is 6.37. The number of methoxy groups -OCH3 is 1. The Balaban J connectivity index is 1.63. The average molecular weight is 472 g/mol. The van der Waals surface area contributed by atoms with E-state index >= 15 is 0 Å². The molecule has 9 heteroatoms. The fraction of sp³-hybridized carbons (Fsp3) is 0.360. The molecule has 7 nitrogen and oxygen atoms in total. The molecule has 3 aromatic rings. The van der Waals surface area contributed by atoms with Crippen molar-refractivity contribution in [1.82, 2.24) is 14.4 Å². The van der Waals surface area contributed by atoms with Crippen molar-refractivity contribution in [3.8, 4) is 5.75 Å². The molecule has 0 saturated heterocycles. The number of amides is 1. The summed E-state index contributed by atoms with van der Waals surface area (Å²) in [7, 11) is 3.12. The van der Waals surface area contributed by atoms with Crippen LogP contribution in [-0.2, 0) is 19.5 Å². The van der Waals surface area contributed by atoms with Crippen LogP contribution in [0.25, 0.3) is 0 Å². The van der Waals surface area contributed by atoms with Crippen LogP contribution in [-0.4, -0.2) is 47.5 Å². The number of pyridine rings is 1. The van der Waals surface area contributed by atoms with Crippen molar-refractivity contribution in [3.05, 3.63) is 87.2 Å². The highest BCUT2D eigenvalue weighted by molar-refractivity contribution is 5.98. The second-order valence-corrected chi connectivity index (χ2v) is 8.41. The van der Waals surface area contributed by atoms with Crippen LogP contribution in [0.5, 0.6) is 5.75 Å². The first-order chi connectivity index (χ1) is 16.3. The van der Waals surface area contributed by atoms with E-state index in [1.165, 1.54) is 19.2 Å². The highest BCUT2D eigenvalue weighted by Gasteiger charge is 2.29. The number of aromatic nitrogens is 1. The van der Waals surface area contributed by atoms with Crippen molar-refractivity contribution in [2.45, 2.75) is 32.5 Å². The van der Waals surface area contributed by atoms with Gasteiger partial charge in [-0.3, -0.25) is 14.5 Å². The molecule has 1 amide bonds. The van der Waals surface area contributed by atoms with Gasteiger partial charge in [0.1, 0.15) is 17.1 Å². The first kappa shape index (κ1) is 23.7. The molecule has 1 aliphatic rings. The molecule has 0 bridgehead atoms. The van der Waals surface area contributed by atoms with Gasteiger partial charge in [0.25, 0.3) is 11.5 Å². The van der Waals surface area contributed by atoms with E-state index in [0.29, 0.717) is 55.2 Å². The fourth-order valence-electron chi connectivity index (χ4n) is 4.31. The number of hydrogen-bond donors (Lipinski definition) is 0. The summed E-state index contributed by atoms with van der Waals surface area (Å²) in [6, 6.07) is 8.43. The van der Waals surface area contributed by atoms with Crippen molar-refractivity contribution in [2.24, 2.45) is 0 Å². The van der Waals surface area contributed by atoms with E-state index in [2.05, 4.69) is 4.90 Å². The largest absolute Gasteiger partial charge is 0.496 e. The number of rotatable bonds is 6. The first-order valence-corrected chi connectivity index (χ1v) is 11.1. The Morgan fingerprint density at radius 3 is 2.65 bits per heavy atom. The molecule has 1 aromatic carbocycles. The molecule has 0 N–H and O–H groups in total. The van der Waals surface area contributed by atoms with Crippen LogP contribution in [0, 0.1) is 11.6 Å². The van der Waals surface area contributed by atoms with E-state index in [-0.39, 0.29) is 23.3 Å². The second-order valence-electron chi connectivity index (χ2n) is 8.41. The van der Waals surface area contributed by atoms with E-state index in [4.69, 9.17) is 9.15 Å². The second kappa shape index (κ2) is 9.80. The first-order valence-electron chi connectivity index (χ1n) is 11.1. The maximum absolute atomic E-state index is 13.6. The van der Waals surface area contributed by atoms with Gasteiger partial charge in [0.2, 0.25) is 0 Å². The number of furan rings is 1. The van der Waals surface area contributed by atoms with Crippen LogP contribution >= 0.6 is 0 Å². The van der Waals surface area contributed by atoms with E-state index in [0.717, 1.165) is 6.07 Å². The lowest BCUT2D eigenvalue weighted by molar-refractivity contribution is 0.0720. The van der Waals surface area contributed by atoms with E-state index in [1.54, 1.807) is 41.0 Å². The molecule has 180 valence electrons. The minimum Gasteiger partial charge on any atom is -0.496 e. The number of nitrogens with zero attached hydrogens (tertiary/aromatic N) is 3. The van der Waals surface area contributed by atoms with Crippen molar-refractivity contribution < 1.29 is 22.7 Å². The highest BCUT2D eigenvalue weighted by atomic mass is 19.2. The Hall–Kier alpha value is -3.46. The van der Waals surface area contributed by atoms with Crippen LogP contribution in [0.1, 0.15) is 40.3 Å². The predicted molar refractivity (Wildman–Crippen MR) is 122 cm³/mol. The SMILES string of the molecule is COc1cc(=O)n2c(c1C(=O)N(C)C(C)c1ccco1)CCN(Cc1ccc(F)c(F)c1)CC2. The van der Waals surface area contributed by atoms with Crippen LogP contribution in [0.4, 0.5) is 8.78 Å². The van der Waals surface area contributed by atoms with Gasteiger partial charge < -0.3 is 18.6 Å². The molecule has 1 atom stereocenters. The lowest BCUT2D eigenvalue weighted by Crippen LogP contribution is -2.34. The number of carbonyl (C=O) groups is 1. The summed E-state index contributed by atoms with van der Waals surface area (Å²) in [6.45, 7) is 3.67. The van der Waals surface area contributed by atoms with Crippen LogP contribution in [0.3, 0.4) is 0 Å². The minimum absolute atomic E-state index is 0.230. The third-order valence-corrected chi connectivity index (χ3v) is 6.37.